The van der Waals surface area contributed by atoms with Gasteiger partial charge in [0.05, 0.1) is 11.4 Å². The molecule has 3 rings (SSSR count). The minimum Gasteiger partial charge on any atom is -0.383 e. The van der Waals surface area contributed by atoms with E-state index >= 15 is 0 Å². The number of carbonyl (C=O) groups is 1. The molecule has 0 unspecified atom stereocenters. The predicted molar refractivity (Wildman–Crippen MR) is 103 cm³/mol. The summed E-state index contributed by atoms with van der Waals surface area (Å²) in [6.07, 6.45) is 0. The lowest BCUT2D eigenvalue weighted by atomic mass is 10.2. The van der Waals surface area contributed by atoms with Gasteiger partial charge in [0.25, 0.3) is 0 Å². The number of hydrogen-bond donors (Lipinski definition) is 2. The van der Waals surface area contributed by atoms with Crippen molar-refractivity contribution in [1.82, 2.24) is 15.0 Å². The molecule has 0 saturated carbocycles. The summed E-state index contributed by atoms with van der Waals surface area (Å²) in [6, 6.07) is 11.3. The Morgan fingerprint density at radius 3 is 2.52 bits per heavy atom. The Labute approximate surface area is 153 Å². The van der Waals surface area contributed by atoms with E-state index in [2.05, 4.69) is 15.0 Å². The van der Waals surface area contributed by atoms with E-state index in [-0.39, 0.29) is 23.3 Å². The molecule has 0 saturated heterocycles. The first-order valence-corrected chi connectivity index (χ1v) is 9.20. The van der Waals surface area contributed by atoms with Gasteiger partial charge in [-0.05, 0) is 0 Å². The van der Waals surface area contributed by atoms with Crippen LogP contribution in [-0.4, -0.2) is 33.7 Å². The first kappa shape index (κ1) is 17.2. The summed E-state index contributed by atoms with van der Waals surface area (Å²) in [5.74, 6) is 0.620. The normalized spacial score (nSPS) is 10.6. The summed E-state index contributed by atoms with van der Waals surface area (Å²) in [5, 5.41) is 2.95. The molecule has 0 aliphatic rings. The molecule has 0 fully saturated rings. The van der Waals surface area contributed by atoms with Crippen molar-refractivity contribution < 1.29 is 4.79 Å². The van der Waals surface area contributed by atoms with Crippen LogP contribution in [0.15, 0.2) is 46.9 Å². The number of nitrogens with zero attached hydrogens (tertiary/aromatic N) is 4. The van der Waals surface area contributed by atoms with Crippen LogP contribution in [-0.2, 0) is 4.79 Å². The van der Waals surface area contributed by atoms with Crippen LogP contribution in [0.2, 0.25) is 0 Å². The monoisotopic (exact) mass is 372 g/mol. The van der Waals surface area contributed by atoms with Crippen LogP contribution < -0.4 is 16.4 Å². The van der Waals surface area contributed by atoms with Crippen molar-refractivity contribution in [3.05, 3.63) is 41.8 Å². The predicted octanol–water partition coefficient (Wildman–Crippen LogP) is 2.52. The third-order valence-corrected chi connectivity index (χ3v) is 5.04. The van der Waals surface area contributed by atoms with Gasteiger partial charge in [0.15, 0.2) is 10.3 Å². The Kier molecular flexibility index (Phi) is 5.15. The molecule has 0 radical (unpaired) electrons. The number of anilines is 3. The fourth-order valence-electron chi connectivity index (χ4n) is 2.02. The SMILES string of the molecule is CN(C(=O)CSc1nc(N)cc(N)n1)c1nc(-c2ccccc2)cs1. The Bertz CT molecular complexity index is 863. The van der Waals surface area contributed by atoms with Crippen molar-refractivity contribution in [2.24, 2.45) is 0 Å². The highest BCUT2D eigenvalue weighted by molar-refractivity contribution is 7.99. The smallest absolute Gasteiger partial charge is 0.238 e. The number of nitrogens with two attached hydrogens (primary N) is 2. The van der Waals surface area contributed by atoms with Crippen molar-refractivity contribution in [3.8, 4) is 11.3 Å². The van der Waals surface area contributed by atoms with Crippen LogP contribution >= 0.6 is 23.1 Å². The second-order valence-electron chi connectivity index (χ2n) is 5.12. The van der Waals surface area contributed by atoms with Gasteiger partial charge in [-0.25, -0.2) is 15.0 Å². The summed E-state index contributed by atoms with van der Waals surface area (Å²) in [6.45, 7) is 0. The van der Waals surface area contributed by atoms with Gasteiger partial charge in [0, 0.05) is 24.1 Å². The fourth-order valence-corrected chi connectivity index (χ4v) is 3.62. The van der Waals surface area contributed by atoms with Gasteiger partial charge in [-0.2, -0.15) is 0 Å². The second kappa shape index (κ2) is 7.49. The number of nitrogen functional groups attached to an aromatic ring is 2. The van der Waals surface area contributed by atoms with Crippen LogP contribution in [0, 0.1) is 0 Å². The molecule has 4 N–H and O–H groups in total. The van der Waals surface area contributed by atoms with Gasteiger partial charge < -0.3 is 11.5 Å². The number of hydrogen-bond acceptors (Lipinski definition) is 8. The fraction of sp³-hybridized carbons (Fsp3) is 0.125. The van der Waals surface area contributed by atoms with Crippen molar-refractivity contribution >= 4 is 45.8 Å². The van der Waals surface area contributed by atoms with Gasteiger partial charge in [-0.3, -0.25) is 9.69 Å². The zero-order valence-corrected chi connectivity index (χ0v) is 15.0. The molecule has 2 aromatic heterocycles. The van der Waals surface area contributed by atoms with Gasteiger partial charge in [-0.15, -0.1) is 11.3 Å². The van der Waals surface area contributed by atoms with Crippen LogP contribution in [0.5, 0.6) is 0 Å². The van der Waals surface area contributed by atoms with Crippen molar-refractivity contribution in [2.45, 2.75) is 5.16 Å². The molecule has 0 aliphatic heterocycles. The van der Waals surface area contributed by atoms with E-state index in [0.29, 0.717) is 10.3 Å². The number of aromatic nitrogens is 3. The molecule has 2 heterocycles. The van der Waals surface area contributed by atoms with Crippen LogP contribution in [0.4, 0.5) is 16.8 Å². The van der Waals surface area contributed by atoms with E-state index in [0.717, 1.165) is 11.3 Å². The lowest BCUT2D eigenvalue weighted by Crippen LogP contribution is -2.27. The third kappa shape index (κ3) is 4.25. The summed E-state index contributed by atoms with van der Waals surface area (Å²) < 4.78 is 0. The first-order valence-electron chi connectivity index (χ1n) is 7.33. The van der Waals surface area contributed by atoms with Crippen LogP contribution in [0.3, 0.4) is 0 Å². The van der Waals surface area contributed by atoms with Gasteiger partial charge in [-0.1, -0.05) is 42.1 Å². The average molecular weight is 372 g/mol. The molecule has 25 heavy (non-hydrogen) atoms. The van der Waals surface area contributed by atoms with Crippen molar-refractivity contribution in [3.63, 3.8) is 0 Å². The van der Waals surface area contributed by atoms with E-state index in [1.807, 2.05) is 35.7 Å². The molecule has 0 aliphatic carbocycles. The molecular weight excluding hydrogens is 356 g/mol. The summed E-state index contributed by atoms with van der Waals surface area (Å²) >= 11 is 2.61. The maximum atomic E-state index is 12.4. The highest BCUT2D eigenvalue weighted by Crippen LogP contribution is 2.27. The number of amides is 1. The van der Waals surface area contributed by atoms with E-state index in [4.69, 9.17) is 11.5 Å². The Balaban J connectivity index is 1.65. The van der Waals surface area contributed by atoms with Crippen LogP contribution in [0.1, 0.15) is 0 Å². The molecule has 1 amide bonds. The second-order valence-corrected chi connectivity index (χ2v) is 6.90. The largest absolute Gasteiger partial charge is 0.383 e. The Hall–Kier alpha value is -2.65. The quantitative estimate of drug-likeness (QED) is 0.523. The van der Waals surface area contributed by atoms with E-state index in [1.165, 1.54) is 34.1 Å². The standard InChI is InChI=1S/C16H16N6OS2/c1-22(14(23)9-24-15-20-12(17)7-13(18)21-15)16-19-11(8-25-16)10-5-3-2-4-6-10/h2-8H,9H2,1H3,(H4,17,18,20,21). The molecule has 0 bridgehead atoms. The molecule has 1 aromatic carbocycles. The molecular formula is C16H16N6OS2. The zero-order chi connectivity index (χ0) is 17.8. The highest BCUT2D eigenvalue weighted by Gasteiger charge is 2.16. The molecule has 0 spiro atoms. The highest BCUT2D eigenvalue weighted by atomic mass is 32.2. The third-order valence-electron chi connectivity index (χ3n) is 3.29. The Morgan fingerprint density at radius 1 is 1.16 bits per heavy atom. The summed E-state index contributed by atoms with van der Waals surface area (Å²) in [5.41, 5.74) is 13.1. The number of carbonyl (C=O) groups excluding carboxylic acids is 1. The van der Waals surface area contributed by atoms with Gasteiger partial charge in [0.2, 0.25) is 5.91 Å². The minimum absolute atomic E-state index is 0.108. The first-order chi connectivity index (χ1) is 12.0. The minimum atomic E-state index is -0.108. The van der Waals surface area contributed by atoms with E-state index in [9.17, 15) is 4.79 Å². The number of rotatable bonds is 5. The van der Waals surface area contributed by atoms with Gasteiger partial charge in [0.1, 0.15) is 11.6 Å². The summed E-state index contributed by atoms with van der Waals surface area (Å²) in [4.78, 5) is 26.5. The number of thioether (sulfide) groups is 1. The molecule has 0 atom stereocenters. The molecule has 128 valence electrons. The van der Waals surface area contributed by atoms with Crippen LogP contribution in [0.25, 0.3) is 11.3 Å². The molecule has 3 aromatic rings. The van der Waals surface area contributed by atoms with E-state index < -0.39 is 0 Å². The average Bonchev–Trinajstić information content (AvgIpc) is 3.09. The maximum Gasteiger partial charge on any atom is 0.238 e. The van der Waals surface area contributed by atoms with Crippen molar-refractivity contribution in [1.29, 1.82) is 0 Å². The topological polar surface area (TPSA) is 111 Å². The Morgan fingerprint density at radius 2 is 1.84 bits per heavy atom. The molecule has 9 heteroatoms. The van der Waals surface area contributed by atoms with E-state index in [1.54, 1.807) is 7.05 Å². The zero-order valence-electron chi connectivity index (χ0n) is 13.4. The lowest BCUT2D eigenvalue weighted by Gasteiger charge is -2.13. The summed E-state index contributed by atoms with van der Waals surface area (Å²) in [7, 11) is 1.70. The maximum absolute atomic E-state index is 12.4. The molecule has 7 nitrogen and oxygen atoms in total. The van der Waals surface area contributed by atoms with Crippen molar-refractivity contribution in [2.75, 3.05) is 29.2 Å². The lowest BCUT2D eigenvalue weighted by molar-refractivity contribution is -0.115. The van der Waals surface area contributed by atoms with Gasteiger partial charge >= 0.3 is 0 Å². The number of thiazole rings is 1. The number of benzene rings is 1.